The van der Waals surface area contributed by atoms with Crippen molar-refractivity contribution in [1.29, 1.82) is 0 Å². The molecule has 0 bridgehead atoms. The van der Waals surface area contributed by atoms with E-state index in [2.05, 4.69) is 14.9 Å². The Bertz CT molecular complexity index is 667. The molecule has 1 aliphatic heterocycles. The van der Waals surface area contributed by atoms with Crippen LogP contribution in [0.5, 0.6) is 0 Å². The highest BCUT2D eigenvalue weighted by Gasteiger charge is 2.38. The molecule has 0 aromatic carbocycles. The highest BCUT2D eigenvalue weighted by molar-refractivity contribution is 5.84. The van der Waals surface area contributed by atoms with Crippen molar-refractivity contribution < 1.29 is 19.4 Å². The summed E-state index contributed by atoms with van der Waals surface area (Å²) in [6.07, 6.45) is 5.58. The number of aromatic nitrogens is 2. The van der Waals surface area contributed by atoms with E-state index in [4.69, 9.17) is 9.84 Å². The number of hydrogen-bond acceptors (Lipinski definition) is 6. The fourth-order valence-electron chi connectivity index (χ4n) is 3.14. The summed E-state index contributed by atoms with van der Waals surface area (Å²) in [5.74, 6) is -0.0717. The van der Waals surface area contributed by atoms with Gasteiger partial charge in [0.15, 0.2) is 5.69 Å². The molecule has 26 heavy (non-hydrogen) atoms. The molecule has 1 unspecified atom stereocenters. The minimum atomic E-state index is -1.08. The van der Waals surface area contributed by atoms with E-state index in [1.807, 2.05) is 25.7 Å². The summed E-state index contributed by atoms with van der Waals surface area (Å²) in [6.45, 7) is 7.91. The van der Waals surface area contributed by atoms with Crippen molar-refractivity contribution in [2.24, 2.45) is 5.92 Å². The number of rotatable bonds is 5. The van der Waals surface area contributed by atoms with Crippen LogP contribution in [0, 0.1) is 5.92 Å². The van der Waals surface area contributed by atoms with Gasteiger partial charge in [0.2, 0.25) is 0 Å². The number of aromatic carboxylic acids is 1. The summed E-state index contributed by atoms with van der Waals surface area (Å²) >= 11 is 0. The van der Waals surface area contributed by atoms with Gasteiger partial charge >= 0.3 is 12.1 Å². The zero-order valence-corrected chi connectivity index (χ0v) is 15.5. The van der Waals surface area contributed by atoms with E-state index in [0.29, 0.717) is 24.3 Å². The largest absolute Gasteiger partial charge is 0.476 e. The Labute approximate surface area is 153 Å². The number of nitrogens with zero attached hydrogens (tertiary/aromatic N) is 4. The van der Waals surface area contributed by atoms with Gasteiger partial charge in [0.25, 0.3) is 0 Å². The van der Waals surface area contributed by atoms with Gasteiger partial charge in [-0.15, -0.1) is 0 Å². The molecule has 1 aromatic heterocycles. The van der Waals surface area contributed by atoms with Crippen molar-refractivity contribution in [1.82, 2.24) is 14.9 Å². The second-order valence-electron chi connectivity index (χ2n) is 8.03. The van der Waals surface area contributed by atoms with Gasteiger partial charge in [-0.05, 0) is 46.0 Å². The molecule has 2 fully saturated rings. The Kier molecular flexibility index (Phi) is 5.02. The lowest BCUT2D eigenvalue weighted by Crippen LogP contribution is -2.41. The molecule has 8 heteroatoms. The van der Waals surface area contributed by atoms with Crippen LogP contribution in [0.1, 0.15) is 50.5 Å². The first-order valence-corrected chi connectivity index (χ1v) is 9.03. The second-order valence-corrected chi connectivity index (χ2v) is 8.03. The zero-order chi connectivity index (χ0) is 18.9. The van der Waals surface area contributed by atoms with Crippen LogP contribution < -0.4 is 4.90 Å². The molecule has 1 aliphatic carbocycles. The third-order valence-electron chi connectivity index (χ3n) is 4.54. The number of carboxylic acids is 1. The van der Waals surface area contributed by atoms with Crippen LogP contribution in [0.15, 0.2) is 12.4 Å². The SMILES string of the molecule is CC(C)(C)OC(=O)N(CC1CCN(c2cnc(C(=O)O)cn2)C1)C1CC1. The lowest BCUT2D eigenvalue weighted by Gasteiger charge is -2.29. The molecule has 142 valence electrons. The van der Waals surface area contributed by atoms with E-state index in [1.165, 1.54) is 12.4 Å². The van der Waals surface area contributed by atoms with E-state index >= 15 is 0 Å². The van der Waals surface area contributed by atoms with Crippen LogP contribution in [-0.2, 0) is 4.74 Å². The first-order valence-electron chi connectivity index (χ1n) is 9.03. The Morgan fingerprint density at radius 3 is 2.54 bits per heavy atom. The minimum absolute atomic E-state index is 0.0608. The maximum Gasteiger partial charge on any atom is 0.410 e. The molecule has 1 aromatic rings. The molecule has 0 radical (unpaired) electrons. The third-order valence-corrected chi connectivity index (χ3v) is 4.54. The molecule has 8 nitrogen and oxygen atoms in total. The number of hydrogen-bond donors (Lipinski definition) is 1. The van der Waals surface area contributed by atoms with Crippen molar-refractivity contribution in [2.75, 3.05) is 24.5 Å². The molecular formula is C18H26N4O4. The molecule has 2 heterocycles. The average molecular weight is 362 g/mol. The minimum Gasteiger partial charge on any atom is -0.476 e. The standard InChI is InChI=1S/C18H26N4O4/c1-18(2,3)26-17(25)22(13-4-5-13)11-12-6-7-21(10-12)15-9-19-14(8-20-15)16(23)24/h8-9,12-13H,4-7,10-11H2,1-3H3,(H,23,24). The number of carbonyl (C=O) groups is 2. The number of ether oxygens (including phenoxy) is 1. The van der Waals surface area contributed by atoms with Gasteiger partial charge in [-0.2, -0.15) is 0 Å². The third kappa shape index (κ3) is 4.62. The Balaban J connectivity index is 1.59. The van der Waals surface area contributed by atoms with Crippen LogP contribution in [0.4, 0.5) is 10.6 Å². The summed E-state index contributed by atoms with van der Waals surface area (Å²) in [7, 11) is 0. The molecule has 0 spiro atoms. The van der Waals surface area contributed by atoms with Gasteiger partial charge in [-0.3, -0.25) is 0 Å². The van der Waals surface area contributed by atoms with Crippen LogP contribution >= 0.6 is 0 Å². The van der Waals surface area contributed by atoms with Crippen molar-refractivity contribution in [3.8, 4) is 0 Å². The fourth-order valence-corrected chi connectivity index (χ4v) is 3.14. The molecule has 1 atom stereocenters. The fraction of sp³-hybridized carbons (Fsp3) is 0.667. The molecular weight excluding hydrogens is 336 g/mol. The van der Waals surface area contributed by atoms with Crippen molar-refractivity contribution in [3.63, 3.8) is 0 Å². The van der Waals surface area contributed by atoms with Crippen molar-refractivity contribution in [2.45, 2.75) is 51.7 Å². The molecule has 3 rings (SSSR count). The summed E-state index contributed by atoms with van der Waals surface area (Å²) < 4.78 is 5.55. The first kappa shape index (κ1) is 18.4. The molecule has 1 saturated heterocycles. The molecule has 1 saturated carbocycles. The number of amides is 1. The van der Waals surface area contributed by atoms with E-state index in [1.54, 1.807) is 0 Å². The van der Waals surface area contributed by atoms with Crippen LogP contribution in [0.3, 0.4) is 0 Å². The van der Waals surface area contributed by atoms with Gasteiger partial charge in [0.05, 0.1) is 12.4 Å². The first-order chi connectivity index (χ1) is 12.2. The highest BCUT2D eigenvalue weighted by atomic mass is 16.6. The monoisotopic (exact) mass is 362 g/mol. The predicted molar refractivity (Wildman–Crippen MR) is 95.3 cm³/mol. The molecule has 2 aliphatic rings. The average Bonchev–Trinajstić information content (AvgIpc) is 3.29. The maximum atomic E-state index is 12.5. The van der Waals surface area contributed by atoms with Gasteiger partial charge in [-0.1, -0.05) is 0 Å². The van der Waals surface area contributed by atoms with Crippen molar-refractivity contribution >= 4 is 17.9 Å². The van der Waals surface area contributed by atoms with Crippen molar-refractivity contribution in [3.05, 3.63) is 18.1 Å². The van der Waals surface area contributed by atoms with E-state index < -0.39 is 11.6 Å². The number of carboxylic acid groups (broad SMARTS) is 1. The summed E-state index contributed by atoms with van der Waals surface area (Å²) in [4.78, 5) is 35.5. The number of carbonyl (C=O) groups excluding carboxylic acids is 1. The maximum absolute atomic E-state index is 12.5. The molecule has 1 N–H and O–H groups in total. The zero-order valence-electron chi connectivity index (χ0n) is 15.5. The highest BCUT2D eigenvalue weighted by Crippen LogP contribution is 2.31. The predicted octanol–water partition coefficient (Wildman–Crippen LogP) is 2.40. The van der Waals surface area contributed by atoms with E-state index in [0.717, 1.165) is 32.4 Å². The second kappa shape index (κ2) is 7.09. The van der Waals surface area contributed by atoms with E-state index in [-0.39, 0.29) is 11.8 Å². The smallest absolute Gasteiger partial charge is 0.410 e. The van der Waals surface area contributed by atoms with Gasteiger partial charge < -0.3 is 19.6 Å². The lowest BCUT2D eigenvalue weighted by atomic mass is 10.1. The lowest BCUT2D eigenvalue weighted by molar-refractivity contribution is 0.0208. The Hall–Kier alpha value is -2.38. The number of anilines is 1. The van der Waals surface area contributed by atoms with Gasteiger partial charge in [0, 0.05) is 25.7 Å². The topological polar surface area (TPSA) is 95.9 Å². The summed E-state index contributed by atoms with van der Waals surface area (Å²) in [6, 6.07) is 0.300. The Morgan fingerprint density at radius 1 is 1.27 bits per heavy atom. The quantitative estimate of drug-likeness (QED) is 0.859. The molecule has 1 amide bonds. The van der Waals surface area contributed by atoms with Crippen LogP contribution in [0.25, 0.3) is 0 Å². The van der Waals surface area contributed by atoms with Crippen LogP contribution in [-0.4, -0.2) is 63.3 Å². The van der Waals surface area contributed by atoms with Gasteiger partial charge in [-0.25, -0.2) is 19.6 Å². The summed E-state index contributed by atoms with van der Waals surface area (Å²) in [5.41, 5.74) is -0.553. The normalized spacial score (nSPS) is 20.1. The Morgan fingerprint density at radius 2 is 2.00 bits per heavy atom. The van der Waals surface area contributed by atoms with Gasteiger partial charge in [0.1, 0.15) is 11.4 Å². The summed E-state index contributed by atoms with van der Waals surface area (Å²) in [5, 5.41) is 8.91. The van der Waals surface area contributed by atoms with E-state index in [9.17, 15) is 9.59 Å². The van der Waals surface area contributed by atoms with Crippen LogP contribution in [0.2, 0.25) is 0 Å².